The van der Waals surface area contributed by atoms with E-state index in [1.165, 1.54) is 0 Å². The fourth-order valence-electron chi connectivity index (χ4n) is 2.23. The second-order valence-electron chi connectivity index (χ2n) is 5.60. The van der Waals surface area contributed by atoms with Crippen molar-refractivity contribution in [1.82, 2.24) is 4.72 Å². The number of phosphoric ester groups is 1. The average Bonchev–Trinajstić information content (AvgIpc) is 2.51. The molecule has 0 aromatic heterocycles. The fourth-order valence-corrected chi connectivity index (χ4v) is 3.91. The summed E-state index contributed by atoms with van der Waals surface area (Å²) in [5.74, 6) is -0.0179. The van der Waals surface area contributed by atoms with E-state index < -0.39 is 30.5 Å². The van der Waals surface area contributed by atoms with Crippen LogP contribution in [0.3, 0.4) is 0 Å². The summed E-state index contributed by atoms with van der Waals surface area (Å²) in [5, 5.41) is 0. The summed E-state index contributed by atoms with van der Waals surface area (Å²) in [4.78, 5) is 17.7. The Morgan fingerprint density at radius 2 is 1.75 bits per heavy atom. The summed E-state index contributed by atoms with van der Waals surface area (Å²) < 4.78 is 42.3. The van der Waals surface area contributed by atoms with Crippen molar-refractivity contribution in [1.29, 1.82) is 0 Å². The Hall–Kier alpha value is -0.760. The SMILES string of the molecule is CCCCCCCS(=O)(=O)NC(COP(=O)(O)O)c1ccccc1. The molecule has 0 amide bonds. The zero-order valence-electron chi connectivity index (χ0n) is 13.8. The van der Waals surface area contributed by atoms with Crippen LogP contribution in [0.25, 0.3) is 0 Å². The maximum atomic E-state index is 12.2. The molecule has 1 aromatic carbocycles. The second kappa shape index (κ2) is 10.3. The van der Waals surface area contributed by atoms with E-state index in [2.05, 4.69) is 16.2 Å². The molecule has 1 atom stereocenters. The molecule has 0 aliphatic carbocycles. The van der Waals surface area contributed by atoms with Crippen molar-refractivity contribution in [3.05, 3.63) is 35.9 Å². The molecule has 0 spiro atoms. The molecule has 0 radical (unpaired) electrons. The van der Waals surface area contributed by atoms with Crippen LogP contribution in [-0.2, 0) is 19.1 Å². The van der Waals surface area contributed by atoms with E-state index in [-0.39, 0.29) is 5.75 Å². The highest BCUT2D eigenvalue weighted by Crippen LogP contribution is 2.37. The Kier molecular flexibility index (Phi) is 9.12. The third-order valence-electron chi connectivity index (χ3n) is 3.45. The van der Waals surface area contributed by atoms with Gasteiger partial charge in [-0.3, -0.25) is 4.52 Å². The third kappa shape index (κ3) is 9.52. The molecule has 1 rings (SSSR count). The number of sulfonamides is 1. The summed E-state index contributed by atoms with van der Waals surface area (Å²) in [6.45, 7) is 1.65. The Balaban J connectivity index is 2.68. The van der Waals surface area contributed by atoms with E-state index in [1.807, 2.05) is 0 Å². The second-order valence-corrected chi connectivity index (χ2v) is 8.71. The normalized spacial score (nSPS) is 13.8. The van der Waals surface area contributed by atoms with E-state index in [0.29, 0.717) is 12.0 Å². The van der Waals surface area contributed by atoms with Gasteiger partial charge in [-0.1, -0.05) is 62.9 Å². The van der Waals surface area contributed by atoms with Gasteiger partial charge in [-0.15, -0.1) is 0 Å². The Bertz CT molecular complexity index is 616. The molecule has 24 heavy (non-hydrogen) atoms. The topological polar surface area (TPSA) is 113 Å². The summed E-state index contributed by atoms with van der Waals surface area (Å²) in [7, 11) is -8.24. The first-order chi connectivity index (χ1) is 11.2. The van der Waals surface area contributed by atoms with Crippen LogP contribution in [-0.4, -0.2) is 30.6 Å². The highest BCUT2D eigenvalue weighted by Gasteiger charge is 2.23. The van der Waals surface area contributed by atoms with Gasteiger partial charge in [0.1, 0.15) is 0 Å². The van der Waals surface area contributed by atoms with Crippen LogP contribution in [0, 0.1) is 0 Å². The molecule has 1 aromatic rings. The van der Waals surface area contributed by atoms with Crippen molar-refractivity contribution in [3.8, 4) is 0 Å². The van der Waals surface area contributed by atoms with Crippen LogP contribution < -0.4 is 4.72 Å². The predicted molar refractivity (Wildman–Crippen MR) is 92.9 cm³/mol. The number of nitrogens with one attached hydrogen (secondary N) is 1. The van der Waals surface area contributed by atoms with Gasteiger partial charge in [0.25, 0.3) is 0 Å². The minimum atomic E-state index is -4.67. The molecule has 7 nitrogen and oxygen atoms in total. The number of hydrogen-bond acceptors (Lipinski definition) is 4. The standard InChI is InChI=1S/C15H26NO6PS/c1-2-3-4-5-9-12-24(20,21)16-15(13-22-23(17,18)19)14-10-7-6-8-11-14/h6-8,10-11,15-16H,2-5,9,12-13H2,1H3,(H2,17,18,19). The van der Waals surface area contributed by atoms with Gasteiger partial charge in [-0.05, 0) is 12.0 Å². The van der Waals surface area contributed by atoms with E-state index in [0.717, 1.165) is 25.7 Å². The van der Waals surface area contributed by atoms with E-state index in [9.17, 15) is 13.0 Å². The quantitative estimate of drug-likeness (QED) is 0.380. The number of benzene rings is 1. The summed E-state index contributed by atoms with van der Waals surface area (Å²) in [6.07, 6.45) is 4.55. The molecular weight excluding hydrogens is 353 g/mol. The highest BCUT2D eigenvalue weighted by atomic mass is 32.2. The molecule has 0 heterocycles. The van der Waals surface area contributed by atoms with Gasteiger partial charge >= 0.3 is 7.82 Å². The van der Waals surface area contributed by atoms with Crippen molar-refractivity contribution < 1.29 is 27.3 Å². The molecule has 0 aliphatic heterocycles. The van der Waals surface area contributed by atoms with Crippen LogP contribution in [0.1, 0.15) is 50.6 Å². The molecule has 0 saturated carbocycles. The van der Waals surface area contributed by atoms with Crippen molar-refractivity contribution in [2.45, 2.75) is 45.1 Å². The zero-order valence-corrected chi connectivity index (χ0v) is 15.5. The lowest BCUT2D eigenvalue weighted by molar-refractivity contribution is 0.183. The highest BCUT2D eigenvalue weighted by molar-refractivity contribution is 7.89. The van der Waals surface area contributed by atoms with Crippen molar-refractivity contribution >= 4 is 17.8 Å². The number of unbranched alkanes of at least 4 members (excludes halogenated alkanes) is 4. The summed E-state index contributed by atoms with van der Waals surface area (Å²) in [6, 6.07) is 7.72. The van der Waals surface area contributed by atoms with E-state index in [4.69, 9.17) is 9.79 Å². The molecule has 138 valence electrons. The first-order valence-electron chi connectivity index (χ1n) is 7.98. The fraction of sp³-hybridized carbons (Fsp3) is 0.600. The lowest BCUT2D eigenvalue weighted by Crippen LogP contribution is -2.33. The van der Waals surface area contributed by atoms with Crippen molar-refractivity contribution in [2.24, 2.45) is 0 Å². The van der Waals surface area contributed by atoms with E-state index in [1.54, 1.807) is 30.3 Å². The van der Waals surface area contributed by atoms with Gasteiger partial charge in [0, 0.05) is 0 Å². The molecule has 3 N–H and O–H groups in total. The maximum absolute atomic E-state index is 12.2. The molecule has 9 heteroatoms. The molecule has 0 aliphatic rings. The van der Waals surface area contributed by atoms with Gasteiger partial charge in [0.2, 0.25) is 10.0 Å². The monoisotopic (exact) mass is 379 g/mol. The third-order valence-corrected chi connectivity index (χ3v) is 5.40. The molecule has 0 fully saturated rings. The van der Waals surface area contributed by atoms with Crippen LogP contribution in [0.4, 0.5) is 0 Å². The van der Waals surface area contributed by atoms with Gasteiger partial charge < -0.3 is 9.79 Å². The first-order valence-corrected chi connectivity index (χ1v) is 11.2. The van der Waals surface area contributed by atoms with Crippen LogP contribution in [0.2, 0.25) is 0 Å². The largest absolute Gasteiger partial charge is 0.469 e. The minimum absolute atomic E-state index is 0.0179. The van der Waals surface area contributed by atoms with Gasteiger partial charge in [0.05, 0.1) is 18.4 Å². The van der Waals surface area contributed by atoms with Crippen LogP contribution in [0.5, 0.6) is 0 Å². The number of phosphoric acid groups is 1. The van der Waals surface area contributed by atoms with Crippen molar-refractivity contribution in [3.63, 3.8) is 0 Å². The molecule has 1 unspecified atom stereocenters. The Labute approximate surface area is 143 Å². The smallest absolute Gasteiger partial charge is 0.303 e. The maximum Gasteiger partial charge on any atom is 0.469 e. The zero-order chi connectivity index (χ0) is 18.1. The number of hydrogen-bond donors (Lipinski definition) is 3. The lowest BCUT2D eigenvalue weighted by Gasteiger charge is -2.19. The van der Waals surface area contributed by atoms with Gasteiger partial charge in [0.15, 0.2) is 0 Å². The first kappa shape index (κ1) is 21.3. The minimum Gasteiger partial charge on any atom is -0.303 e. The summed E-state index contributed by atoms with van der Waals surface area (Å²) >= 11 is 0. The predicted octanol–water partition coefficient (Wildman–Crippen LogP) is 2.73. The Morgan fingerprint density at radius 3 is 2.33 bits per heavy atom. The Morgan fingerprint density at radius 1 is 1.12 bits per heavy atom. The van der Waals surface area contributed by atoms with Crippen molar-refractivity contribution in [2.75, 3.05) is 12.4 Å². The molecular formula is C15H26NO6PS. The van der Waals surface area contributed by atoms with Crippen LogP contribution in [0.15, 0.2) is 30.3 Å². The van der Waals surface area contributed by atoms with E-state index >= 15 is 0 Å². The molecule has 0 saturated heterocycles. The lowest BCUT2D eigenvalue weighted by atomic mass is 10.1. The van der Waals surface area contributed by atoms with Gasteiger partial charge in [-0.2, -0.15) is 0 Å². The van der Waals surface area contributed by atoms with Gasteiger partial charge in [-0.25, -0.2) is 17.7 Å². The van der Waals surface area contributed by atoms with Crippen LogP contribution >= 0.6 is 7.82 Å². The average molecular weight is 379 g/mol. The summed E-state index contributed by atoms with van der Waals surface area (Å²) in [5.41, 5.74) is 0.584. The molecule has 0 bridgehead atoms. The number of rotatable bonds is 12.